The van der Waals surface area contributed by atoms with E-state index in [1.807, 2.05) is 0 Å². The molecule has 9 nitrogen and oxygen atoms in total. The van der Waals surface area contributed by atoms with Gasteiger partial charge in [-0.2, -0.15) is 0 Å². The number of rotatable bonds is 9. The van der Waals surface area contributed by atoms with E-state index in [1.54, 1.807) is 54.6 Å². The van der Waals surface area contributed by atoms with Crippen molar-refractivity contribution in [3.8, 4) is 11.5 Å². The molecule has 2 aromatic carbocycles. The summed E-state index contributed by atoms with van der Waals surface area (Å²) in [5.41, 5.74) is 0.732. The number of imide groups is 1. The number of aromatic nitrogens is 2. The van der Waals surface area contributed by atoms with Crippen molar-refractivity contribution >= 4 is 34.2 Å². The van der Waals surface area contributed by atoms with Crippen LogP contribution in [0.4, 0.5) is 5.13 Å². The average Bonchev–Trinajstić information content (AvgIpc) is 3.35. The molecule has 1 aliphatic heterocycles. The fourth-order valence-corrected chi connectivity index (χ4v) is 3.77. The summed E-state index contributed by atoms with van der Waals surface area (Å²) in [6.07, 6.45) is 1.61. The van der Waals surface area contributed by atoms with Crippen molar-refractivity contribution in [3.63, 3.8) is 0 Å². The minimum atomic E-state index is -0.438. The van der Waals surface area contributed by atoms with Crippen LogP contribution < -0.4 is 14.8 Å². The van der Waals surface area contributed by atoms with Crippen LogP contribution in [0.5, 0.6) is 11.5 Å². The highest BCUT2D eigenvalue weighted by molar-refractivity contribution is 7.15. The summed E-state index contributed by atoms with van der Waals surface area (Å²) in [7, 11) is 0. The number of benzene rings is 2. The molecule has 1 N–H and O–H groups in total. The van der Waals surface area contributed by atoms with E-state index in [0.717, 1.165) is 16.2 Å². The van der Waals surface area contributed by atoms with Crippen LogP contribution in [-0.2, 0) is 11.3 Å². The number of nitrogens with one attached hydrogen (secondary N) is 1. The van der Waals surface area contributed by atoms with Crippen LogP contribution in [0.15, 0.2) is 61.2 Å². The van der Waals surface area contributed by atoms with E-state index in [1.165, 1.54) is 0 Å². The van der Waals surface area contributed by atoms with E-state index in [9.17, 15) is 14.4 Å². The second-order valence-corrected chi connectivity index (χ2v) is 7.69. The van der Waals surface area contributed by atoms with Gasteiger partial charge in [0.2, 0.25) is 5.13 Å². The van der Waals surface area contributed by atoms with Gasteiger partial charge in [0.25, 0.3) is 17.7 Å². The van der Waals surface area contributed by atoms with Crippen LogP contribution >= 0.6 is 11.3 Å². The zero-order valence-corrected chi connectivity index (χ0v) is 17.6. The van der Waals surface area contributed by atoms with E-state index in [2.05, 4.69) is 22.1 Å². The van der Waals surface area contributed by atoms with E-state index in [4.69, 9.17) is 9.47 Å². The number of carbonyl (C=O) groups is 3. The molecule has 0 radical (unpaired) electrons. The molecule has 4 rings (SSSR count). The van der Waals surface area contributed by atoms with Crippen molar-refractivity contribution in [2.75, 3.05) is 18.5 Å². The standard InChI is InChI=1S/C22H18N4O5S/c1-2-11-30-16-9-5-6-10-17(16)31-13-18(27)23-22-25-24-19(32-22)12-26-20(28)14-7-3-4-8-15(14)21(26)29/h2-10H,1,11-13H2,(H,23,25,27). The first-order valence-corrected chi connectivity index (χ1v) is 10.4. The van der Waals surface area contributed by atoms with Crippen LogP contribution in [0.25, 0.3) is 0 Å². The zero-order chi connectivity index (χ0) is 22.5. The van der Waals surface area contributed by atoms with Crippen LogP contribution in [0.1, 0.15) is 25.7 Å². The molecule has 2 heterocycles. The third-order valence-electron chi connectivity index (χ3n) is 4.45. The number of amides is 3. The Balaban J connectivity index is 1.33. The summed E-state index contributed by atoms with van der Waals surface area (Å²) in [5.74, 6) is -0.270. The lowest BCUT2D eigenvalue weighted by Crippen LogP contribution is -2.29. The van der Waals surface area contributed by atoms with Gasteiger partial charge in [-0.05, 0) is 24.3 Å². The van der Waals surface area contributed by atoms with Crippen LogP contribution in [0.2, 0.25) is 0 Å². The fourth-order valence-electron chi connectivity index (χ4n) is 3.02. The van der Waals surface area contributed by atoms with E-state index in [-0.39, 0.29) is 30.1 Å². The van der Waals surface area contributed by atoms with Gasteiger partial charge >= 0.3 is 0 Å². The summed E-state index contributed by atoms with van der Waals surface area (Å²) < 4.78 is 11.0. The minimum absolute atomic E-state index is 0.0234. The number of hydrogen-bond donors (Lipinski definition) is 1. The number of ether oxygens (including phenoxy) is 2. The van der Waals surface area contributed by atoms with Gasteiger partial charge in [-0.3, -0.25) is 24.6 Å². The summed E-state index contributed by atoms with van der Waals surface area (Å²) in [6.45, 7) is 3.62. The summed E-state index contributed by atoms with van der Waals surface area (Å²) in [4.78, 5) is 38.3. The molecule has 0 saturated carbocycles. The topological polar surface area (TPSA) is 111 Å². The maximum Gasteiger partial charge on any atom is 0.264 e. The highest BCUT2D eigenvalue weighted by Crippen LogP contribution is 2.27. The first-order valence-electron chi connectivity index (χ1n) is 9.60. The Kier molecular flexibility index (Phi) is 6.22. The molecular weight excluding hydrogens is 432 g/mol. The Morgan fingerprint density at radius 1 is 1.00 bits per heavy atom. The van der Waals surface area contributed by atoms with E-state index >= 15 is 0 Å². The predicted octanol–water partition coefficient (Wildman–Crippen LogP) is 2.92. The molecule has 3 amide bonds. The van der Waals surface area contributed by atoms with Crippen LogP contribution in [-0.4, -0.2) is 46.0 Å². The number of carbonyl (C=O) groups excluding carboxylic acids is 3. The van der Waals surface area contributed by atoms with Gasteiger partial charge in [0.15, 0.2) is 18.1 Å². The van der Waals surface area contributed by atoms with Gasteiger partial charge in [0.1, 0.15) is 11.6 Å². The van der Waals surface area contributed by atoms with Crippen molar-refractivity contribution in [3.05, 3.63) is 77.3 Å². The molecule has 0 saturated heterocycles. The number of nitrogens with zero attached hydrogens (tertiary/aromatic N) is 3. The summed E-state index contributed by atoms with van der Waals surface area (Å²) in [5, 5.41) is 11.1. The quantitative estimate of drug-likeness (QED) is 0.394. The van der Waals surface area contributed by atoms with Crippen molar-refractivity contribution in [2.45, 2.75) is 6.54 Å². The van der Waals surface area contributed by atoms with Crippen molar-refractivity contribution in [1.82, 2.24) is 15.1 Å². The lowest BCUT2D eigenvalue weighted by atomic mass is 10.1. The largest absolute Gasteiger partial charge is 0.486 e. The van der Waals surface area contributed by atoms with Crippen molar-refractivity contribution in [2.24, 2.45) is 0 Å². The minimum Gasteiger partial charge on any atom is -0.486 e. The Bertz CT molecular complexity index is 1160. The molecule has 0 atom stereocenters. The number of anilines is 1. The maximum absolute atomic E-state index is 12.5. The molecule has 1 aliphatic rings. The van der Waals surface area contributed by atoms with Gasteiger partial charge in [0, 0.05) is 0 Å². The number of para-hydroxylation sites is 2. The molecule has 32 heavy (non-hydrogen) atoms. The number of fused-ring (bicyclic) bond motifs is 1. The Hall–Kier alpha value is -4.05. The van der Waals surface area contributed by atoms with Gasteiger partial charge in [0.05, 0.1) is 17.7 Å². The molecule has 0 unspecified atom stereocenters. The van der Waals surface area contributed by atoms with Gasteiger partial charge in [-0.25, -0.2) is 0 Å². The van der Waals surface area contributed by atoms with Crippen LogP contribution in [0, 0.1) is 0 Å². The second-order valence-electron chi connectivity index (χ2n) is 6.63. The molecule has 0 spiro atoms. The predicted molar refractivity (Wildman–Crippen MR) is 117 cm³/mol. The molecule has 162 valence electrons. The number of hydrogen-bond acceptors (Lipinski definition) is 8. The lowest BCUT2D eigenvalue weighted by Gasteiger charge is -2.11. The lowest BCUT2D eigenvalue weighted by molar-refractivity contribution is -0.118. The zero-order valence-electron chi connectivity index (χ0n) is 16.8. The smallest absolute Gasteiger partial charge is 0.264 e. The third kappa shape index (κ3) is 4.49. The van der Waals surface area contributed by atoms with Gasteiger partial charge in [-0.1, -0.05) is 48.3 Å². The molecular formula is C22H18N4O5S. The monoisotopic (exact) mass is 450 g/mol. The first-order chi connectivity index (χ1) is 15.6. The van der Waals surface area contributed by atoms with E-state index < -0.39 is 5.91 Å². The Morgan fingerprint density at radius 2 is 1.62 bits per heavy atom. The van der Waals surface area contributed by atoms with Gasteiger partial charge in [-0.15, -0.1) is 10.2 Å². The third-order valence-corrected chi connectivity index (χ3v) is 5.27. The first kappa shape index (κ1) is 21.2. The second kappa shape index (κ2) is 9.40. The van der Waals surface area contributed by atoms with Crippen LogP contribution in [0.3, 0.4) is 0 Å². The molecule has 0 bridgehead atoms. The van der Waals surface area contributed by atoms with Gasteiger partial charge < -0.3 is 9.47 Å². The fraction of sp³-hybridized carbons (Fsp3) is 0.136. The summed E-state index contributed by atoms with van der Waals surface area (Å²) in [6, 6.07) is 13.6. The Morgan fingerprint density at radius 3 is 2.28 bits per heavy atom. The van der Waals surface area contributed by atoms with Crippen molar-refractivity contribution in [1.29, 1.82) is 0 Å². The highest BCUT2D eigenvalue weighted by atomic mass is 32.1. The SMILES string of the molecule is C=CCOc1ccccc1OCC(=O)Nc1nnc(CN2C(=O)c3ccccc3C2=O)s1. The molecule has 0 aliphatic carbocycles. The average molecular weight is 450 g/mol. The van der Waals surface area contributed by atoms with Crippen molar-refractivity contribution < 1.29 is 23.9 Å². The molecule has 10 heteroatoms. The maximum atomic E-state index is 12.5. The highest BCUT2D eigenvalue weighted by Gasteiger charge is 2.35. The molecule has 0 fully saturated rings. The molecule has 1 aromatic heterocycles. The molecule has 3 aromatic rings. The summed E-state index contributed by atoms with van der Waals surface area (Å²) >= 11 is 1.08. The Labute approximate surface area is 187 Å². The van der Waals surface area contributed by atoms with E-state index in [0.29, 0.717) is 34.2 Å². The normalized spacial score (nSPS) is 12.4.